The van der Waals surface area contributed by atoms with Crippen LogP contribution in [0.15, 0.2) is 54.6 Å². The molecule has 2 aromatic carbocycles. The molecule has 2 aliphatic rings. The van der Waals surface area contributed by atoms with Gasteiger partial charge in [-0.25, -0.2) is 0 Å². The minimum atomic E-state index is -0.512. The Bertz CT molecular complexity index is 892. The number of hydrogen-bond donors (Lipinski definition) is 0. The molecule has 1 atom stereocenters. The van der Waals surface area contributed by atoms with Gasteiger partial charge in [-0.2, -0.15) is 0 Å². The van der Waals surface area contributed by atoms with E-state index in [9.17, 15) is 9.59 Å². The second-order valence-electron chi connectivity index (χ2n) is 8.54. The molecule has 6 nitrogen and oxygen atoms in total. The standard InChI is InChI=1S/C26H33N3O3/c1-2-32-23-13-11-21(12-14-23)20-27-16-18-28(19-17-27)26(31)25(22-8-4-3-5-9-22)29-15-7-6-10-24(29)30/h3-5,8-9,11-14,25H,2,6-7,10,15-20H2,1H3. The zero-order valence-corrected chi connectivity index (χ0v) is 18.9. The lowest BCUT2D eigenvalue weighted by Crippen LogP contribution is -2.53. The number of piperidine rings is 1. The smallest absolute Gasteiger partial charge is 0.250 e. The van der Waals surface area contributed by atoms with Crippen molar-refractivity contribution in [2.75, 3.05) is 39.3 Å². The maximum atomic E-state index is 13.6. The maximum absolute atomic E-state index is 13.6. The van der Waals surface area contributed by atoms with E-state index in [2.05, 4.69) is 17.0 Å². The predicted molar refractivity (Wildman–Crippen MR) is 124 cm³/mol. The van der Waals surface area contributed by atoms with Gasteiger partial charge in [0.2, 0.25) is 11.8 Å². The van der Waals surface area contributed by atoms with E-state index < -0.39 is 6.04 Å². The first-order chi connectivity index (χ1) is 15.7. The fraction of sp³-hybridized carbons (Fsp3) is 0.462. The summed E-state index contributed by atoms with van der Waals surface area (Å²) in [6.45, 7) is 7.19. The zero-order chi connectivity index (χ0) is 22.3. The first kappa shape index (κ1) is 22.3. The monoisotopic (exact) mass is 435 g/mol. The Morgan fingerprint density at radius 3 is 2.31 bits per heavy atom. The van der Waals surface area contributed by atoms with Crippen LogP contribution in [0.4, 0.5) is 0 Å². The van der Waals surface area contributed by atoms with Gasteiger partial charge in [-0.05, 0) is 43.0 Å². The number of amides is 2. The van der Waals surface area contributed by atoms with Gasteiger partial charge in [0.05, 0.1) is 6.61 Å². The van der Waals surface area contributed by atoms with Gasteiger partial charge in [0.1, 0.15) is 11.8 Å². The summed E-state index contributed by atoms with van der Waals surface area (Å²) in [6, 6.07) is 17.5. The third kappa shape index (κ3) is 5.30. The average Bonchev–Trinajstić information content (AvgIpc) is 2.83. The summed E-state index contributed by atoms with van der Waals surface area (Å²) in [4.78, 5) is 32.4. The minimum absolute atomic E-state index is 0.0483. The lowest BCUT2D eigenvalue weighted by Gasteiger charge is -2.40. The topological polar surface area (TPSA) is 53.1 Å². The van der Waals surface area contributed by atoms with Crippen LogP contribution in [0, 0.1) is 0 Å². The highest BCUT2D eigenvalue weighted by molar-refractivity contribution is 5.89. The lowest BCUT2D eigenvalue weighted by atomic mass is 9.99. The normalized spacial score (nSPS) is 18.5. The number of carbonyl (C=O) groups is 2. The van der Waals surface area contributed by atoms with Crippen molar-refractivity contribution < 1.29 is 14.3 Å². The van der Waals surface area contributed by atoms with Crippen LogP contribution in [0.25, 0.3) is 0 Å². The molecule has 6 heteroatoms. The lowest BCUT2D eigenvalue weighted by molar-refractivity contribution is -0.148. The summed E-state index contributed by atoms with van der Waals surface area (Å²) in [6.07, 6.45) is 2.40. The predicted octanol–water partition coefficient (Wildman–Crippen LogP) is 3.48. The molecule has 170 valence electrons. The van der Waals surface area contributed by atoms with Gasteiger partial charge in [-0.1, -0.05) is 42.5 Å². The summed E-state index contributed by atoms with van der Waals surface area (Å²) in [5.41, 5.74) is 2.15. The molecular formula is C26H33N3O3. The van der Waals surface area contributed by atoms with Gasteiger partial charge >= 0.3 is 0 Å². The van der Waals surface area contributed by atoms with E-state index >= 15 is 0 Å². The number of carbonyl (C=O) groups excluding carboxylic acids is 2. The van der Waals surface area contributed by atoms with Crippen molar-refractivity contribution in [3.8, 4) is 5.75 Å². The van der Waals surface area contributed by atoms with Gasteiger partial charge in [0.15, 0.2) is 0 Å². The van der Waals surface area contributed by atoms with Crippen LogP contribution in [0.2, 0.25) is 0 Å². The van der Waals surface area contributed by atoms with Crippen molar-refractivity contribution >= 4 is 11.8 Å². The first-order valence-electron chi connectivity index (χ1n) is 11.7. The molecule has 2 fully saturated rings. The van der Waals surface area contributed by atoms with Crippen molar-refractivity contribution in [1.82, 2.24) is 14.7 Å². The summed E-state index contributed by atoms with van der Waals surface area (Å²) in [5, 5.41) is 0. The Kier molecular flexibility index (Phi) is 7.43. The Hall–Kier alpha value is -2.86. The van der Waals surface area contributed by atoms with Crippen LogP contribution in [0.5, 0.6) is 5.75 Å². The van der Waals surface area contributed by atoms with Crippen molar-refractivity contribution in [2.24, 2.45) is 0 Å². The molecule has 2 aliphatic heterocycles. The highest BCUT2D eigenvalue weighted by atomic mass is 16.5. The quantitative estimate of drug-likeness (QED) is 0.668. The highest BCUT2D eigenvalue weighted by Gasteiger charge is 2.36. The number of rotatable bonds is 7. The summed E-state index contributed by atoms with van der Waals surface area (Å²) in [5.74, 6) is 1.03. The van der Waals surface area contributed by atoms with E-state index in [0.717, 1.165) is 43.8 Å². The third-order valence-electron chi connectivity index (χ3n) is 6.35. The Morgan fingerprint density at radius 1 is 0.938 bits per heavy atom. The SMILES string of the molecule is CCOc1ccc(CN2CCN(C(=O)C(c3ccccc3)N3CCCCC3=O)CC2)cc1. The van der Waals surface area contributed by atoms with Crippen LogP contribution >= 0.6 is 0 Å². The van der Waals surface area contributed by atoms with E-state index in [1.165, 1.54) is 5.56 Å². The molecule has 0 spiro atoms. The van der Waals surface area contributed by atoms with E-state index in [0.29, 0.717) is 32.7 Å². The summed E-state index contributed by atoms with van der Waals surface area (Å²) < 4.78 is 5.52. The van der Waals surface area contributed by atoms with Crippen LogP contribution in [-0.2, 0) is 16.1 Å². The molecule has 2 aromatic rings. The second-order valence-corrected chi connectivity index (χ2v) is 8.54. The Morgan fingerprint density at radius 2 is 1.66 bits per heavy atom. The van der Waals surface area contributed by atoms with Crippen molar-refractivity contribution in [2.45, 2.75) is 38.8 Å². The number of hydrogen-bond acceptors (Lipinski definition) is 4. The third-order valence-corrected chi connectivity index (χ3v) is 6.35. The molecule has 2 heterocycles. The van der Waals surface area contributed by atoms with Gasteiger partial charge < -0.3 is 14.5 Å². The van der Waals surface area contributed by atoms with Gasteiger partial charge in [0.25, 0.3) is 0 Å². The molecule has 0 aliphatic carbocycles. The molecule has 32 heavy (non-hydrogen) atoms. The van der Waals surface area contributed by atoms with Crippen molar-refractivity contribution in [1.29, 1.82) is 0 Å². The van der Waals surface area contributed by atoms with Crippen molar-refractivity contribution in [3.63, 3.8) is 0 Å². The van der Waals surface area contributed by atoms with Crippen molar-refractivity contribution in [3.05, 3.63) is 65.7 Å². The van der Waals surface area contributed by atoms with E-state index in [-0.39, 0.29) is 11.8 Å². The Balaban J connectivity index is 1.39. The fourth-order valence-corrected chi connectivity index (χ4v) is 4.61. The van der Waals surface area contributed by atoms with Crippen LogP contribution in [0.1, 0.15) is 43.4 Å². The second kappa shape index (κ2) is 10.6. The zero-order valence-electron chi connectivity index (χ0n) is 18.9. The van der Waals surface area contributed by atoms with Crippen LogP contribution in [0.3, 0.4) is 0 Å². The van der Waals surface area contributed by atoms with E-state index in [1.807, 2.05) is 54.3 Å². The first-order valence-corrected chi connectivity index (χ1v) is 11.7. The fourth-order valence-electron chi connectivity index (χ4n) is 4.61. The molecule has 1 unspecified atom stereocenters. The number of benzene rings is 2. The van der Waals surface area contributed by atoms with Gasteiger partial charge in [-0.15, -0.1) is 0 Å². The van der Waals surface area contributed by atoms with Crippen LogP contribution < -0.4 is 4.74 Å². The van der Waals surface area contributed by atoms with Crippen LogP contribution in [-0.4, -0.2) is 65.8 Å². The molecule has 0 N–H and O–H groups in total. The molecule has 2 amide bonds. The molecular weight excluding hydrogens is 402 g/mol. The highest BCUT2D eigenvalue weighted by Crippen LogP contribution is 2.28. The Labute approximate surface area is 190 Å². The molecule has 0 aromatic heterocycles. The summed E-state index contributed by atoms with van der Waals surface area (Å²) >= 11 is 0. The molecule has 0 bridgehead atoms. The molecule has 0 radical (unpaired) electrons. The number of likely N-dealkylation sites (tertiary alicyclic amines) is 1. The van der Waals surface area contributed by atoms with Gasteiger partial charge in [0, 0.05) is 45.7 Å². The number of piperazine rings is 1. The molecule has 2 saturated heterocycles. The van der Waals surface area contributed by atoms with E-state index in [4.69, 9.17) is 4.74 Å². The largest absolute Gasteiger partial charge is 0.494 e. The average molecular weight is 436 g/mol. The minimum Gasteiger partial charge on any atom is -0.494 e. The maximum Gasteiger partial charge on any atom is 0.250 e. The van der Waals surface area contributed by atoms with E-state index in [1.54, 1.807) is 4.90 Å². The number of ether oxygens (including phenoxy) is 1. The number of nitrogens with zero attached hydrogens (tertiary/aromatic N) is 3. The van der Waals surface area contributed by atoms with Gasteiger partial charge in [-0.3, -0.25) is 14.5 Å². The molecule has 0 saturated carbocycles. The summed E-state index contributed by atoms with van der Waals surface area (Å²) in [7, 11) is 0. The molecule has 4 rings (SSSR count).